The molecule has 1 amide bonds. The molecule has 1 aromatic rings. The number of carbonyl (C=O) groups is 1. The lowest BCUT2D eigenvalue weighted by atomic mass is 10.1. The summed E-state index contributed by atoms with van der Waals surface area (Å²) in [4.78, 5) is 13.5. The number of hydrogen-bond acceptors (Lipinski definition) is 4. The van der Waals surface area contributed by atoms with E-state index in [1.807, 2.05) is 18.2 Å². The molecule has 5 heteroatoms. The zero-order valence-electron chi connectivity index (χ0n) is 10.5. The lowest BCUT2D eigenvalue weighted by Crippen LogP contribution is -2.24. The highest BCUT2D eigenvalue weighted by molar-refractivity contribution is 7.81. The van der Waals surface area contributed by atoms with Gasteiger partial charge in [0.05, 0.1) is 14.2 Å². The van der Waals surface area contributed by atoms with Gasteiger partial charge in [0.15, 0.2) is 0 Å². The Balaban J connectivity index is 2.19. The molecule has 18 heavy (non-hydrogen) atoms. The third kappa shape index (κ3) is 2.72. The van der Waals surface area contributed by atoms with E-state index in [0.29, 0.717) is 19.5 Å². The Morgan fingerprint density at radius 2 is 2.17 bits per heavy atom. The minimum absolute atomic E-state index is 0.133. The third-order valence-electron chi connectivity index (χ3n) is 3.04. The van der Waals surface area contributed by atoms with Gasteiger partial charge in [-0.3, -0.25) is 4.79 Å². The number of nitrogens with zero attached hydrogens (tertiary/aromatic N) is 1. The molecule has 1 aromatic carbocycles. The van der Waals surface area contributed by atoms with E-state index in [1.165, 1.54) is 0 Å². The van der Waals surface area contributed by atoms with Crippen LogP contribution in [0.15, 0.2) is 18.2 Å². The summed E-state index contributed by atoms with van der Waals surface area (Å²) in [6.07, 6.45) is 0.509. The average molecular weight is 267 g/mol. The Hall–Kier alpha value is -1.36. The molecule has 1 unspecified atom stereocenters. The van der Waals surface area contributed by atoms with Crippen LogP contribution in [0.5, 0.6) is 11.5 Å². The van der Waals surface area contributed by atoms with Crippen molar-refractivity contribution in [3.8, 4) is 11.5 Å². The molecule has 0 aromatic heterocycles. The van der Waals surface area contributed by atoms with Crippen LogP contribution >= 0.6 is 12.6 Å². The number of amides is 1. The molecule has 1 aliphatic heterocycles. The lowest BCUT2D eigenvalue weighted by molar-refractivity contribution is -0.128. The molecule has 1 saturated heterocycles. The van der Waals surface area contributed by atoms with Gasteiger partial charge in [-0.1, -0.05) is 0 Å². The second kappa shape index (κ2) is 5.52. The zero-order valence-corrected chi connectivity index (χ0v) is 11.4. The first-order valence-electron chi connectivity index (χ1n) is 5.80. The van der Waals surface area contributed by atoms with Crippen molar-refractivity contribution in [1.82, 2.24) is 4.90 Å². The fourth-order valence-corrected chi connectivity index (χ4v) is 2.47. The van der Waals surface area contributed by atoms with E-state index >= 15 is 0 Å². The predicted octanol–water partition coefficient (Wildman–Crippen LogP) is 1.73. The Kier molecular flexibility index (Phi) is 4.01. The van der Waals surface area contributed by atoms with E-state index in [9.17, 15) is 4.79 Å². The summed E-state index contributed by atoms with van der Waals surface area (Å²) in [5.74, 6) is 1.67. The number of benzene rings is 1. The number of methoxy groups -OCH3 is 2. The molecule has 2 rings (SSSR count). The van der Waals surface area contributed by atoms with Crippen molar-refractivity contribution in [2.75, 3.05) is 20.8 Å². The summed E-state index contributed by atoms with van der Waals surface area (Å²) >= 11 is 4.35. The maximum absolute atomic E-state index is 11.7. The fraction of sp³-hybridized carbons (Fsp3) is 0.462. The number of hydrogen-bond donors (Lipinski definition) is 1. The molecular formula is C13H17NO3S. The maximum atomic E-state index is 11.7. The van der Waals surface area contributed by atoms with Gasteiger partial charge < -0.3 is 14.4 Å². The van der Waals surface area contributed by atoms with Gasteiger partial charge in [0.2, 0.25) is 5.91 Å². The van der Waals surface area contributed by atoms with Crippen molar-refractivity contribution in [3.63, 3.8) is 0 Å². The van der Waals surface area contributed by atoms with Crippen LogP contribution in [0, 0.1) is 0 Å². The normalized spacial score (nSPS) is 19.2. The van der Waals surface area contributed by atoms with Crippen molar-refractivity contribution in [2.45, 2.75) is 18.2 Å². The molecule has 1 aliphatic rings. The molecule has 0 radical (unpaired) electrons. The van der Waals surface area contributed by atoms with E-state index in [0.717, 1.165) is 17.1 Å². The Morgan fingerprint density at radius 3 is 2.72 bits per heavy atom. The summed E-state index contributed by atoms with van der Waals surface area (Å²) in [5.41, 5.74) is 0.952. The van der Waals surface area contributed by atoms with E-state index < -0.39 is 0 Å². The van der Waals surface area contributed by atoms with Crippen LogP contribution in [-0.4, -0.2) is 36.8 Å². The largest absolute Gasteiger partial charge is 0.497 e. The summed E-state index contributed by atoms with van der Waals surface area (Å²) < 4.78 is 10.5. The number of ether oxygens (including phenoxy) is 2. The molecule has 1 fully saturated rings. The molecular weight excluding hydrogens is 250 g/mol. The van der Waals surface area contributed by atoms with Gasteiger partial charge in [-0.25, -0.2) is 0 Å². The van der Waals surface area contributed by atoms with Crippen LogP contribution in [-0.2, 0) is 11.3 Å². The highest BCUT2D eigenvalue weighted by Crippen LogP contribution is 2.27. The summed E-state index contributed by atoms with van der Waals surface area (Å²) in [6, 6.07) is 5.60. The standard InChI is InChI=1S/C13H17NO3S/c1-16-10-3-4-12(17-2)9(5-10)7-14-8-11(18)6-13(14)15/h3-5,11,18H,6-8H2,1-2H3. The second-order valence-corrected chi connectivity index (χ2v) is 5.04. The van der Waals surface area contributed by atoms with E-state index in [-0.39, 0.29) is 11.2 Å². The van der Waals surface area contributed by atoms with E-state index in [2.05, 4.69) is 12.6 Å². The van der Waals surface area contributed by atoms with Crippen molar-refractivity contribution < 1.29 is 14.3 Å². The van der Waals surface area contributed by atoms with Crippen LogP contribution in [0.25, 0.3) is 0 Å². The zero-order chi connectivity index (χ0) is 13.1. The summed E-state index contributed by atoms with van der Waals surface area (Å²) in [6.45, 7) is 1.22. The van der Waals surface area contributed by atoms with Gasteiger partial charge in [0, 0.05) is 30.3 Å². The number of rotatable bonds is 4. The Bertz CT molecular complexity index is 450. The third-order valence-corrected chi connectivity index (χ3v) is 3.39. The van der Waals surface area contributed by atoms with Crippen molar-refractivity contribution >= 4 is 18.5 Å². The smallest absolute Gasteiger partial charge is 0.224 e. The molecule has 0 aliphatic carbocycles. The average Bonchev–Trinajstić information content (AvgIpc) is 2.67. The number of carbonyl (C=O) groups excluding carboxylic acids is 1. The fourth-order valence-electron chi connectivity index (χ4n) is 2.12. The molecule has 1 heterocycles. The van der Waals surface area contributed by atoms with Crippen molar-refractivity contribution in [2.24, 2.45) is 0 Å². The van der Waals surface area contributed by atoms with Gasteiger partial charge >= 0.3 is 0 Å². The van der Waals surface area contributed by atoms with Crippen LogP contribution in [0.2, 0.25) is 0 Å². The predicted molar refractivity (Wildman–Crippen MR) is 72.4 cm³/mol. The first kappa shape index (κ1) is 13.1. The highest BCUT2D eigenvalue weighted by Gasteiger charge is 2.27. The highest BCUT2D eigenvalue weighted by atomic mass is 32.1. The molecule has 4 nitrogen and oxygen atoms in total. The van der Waals surface area contributed by atoms with E-state index in [4.69, 9.17) is 9.47 Å². The summed E-state index contributed by atoms with van der Waals surface area (Å²) in [5, 5.41) is 0.133. The SMILES string of the molecule is COc1ccc(OC)c(CN2CC(S)CC2=O)c1. The van der Waals surface area contributed by atoms with Crippen molar-refractivity contribution in [3.05, 3.63) is 23.8 Å². The molecule has 0 saturated carbocycles. The first-order chi connectivity index (χ1) is 8.63. The van der Waals surface area contributed by atoms with Crippen LogP contribution in [0.1, 0.15) is 12.0 Å². The Labute approximate surface area is 112 Å². The molecule has 98 valence electrons. The lowest BCUT2D eigenvalue weighted by Gasteiger charge is -2.18. The van der Waals surface area contributed by atoms with Crippen molar-refractivity contribution in [1.29, 1.82) is 0 Å². The van der Waals surface area contributed by atoms with Gasteiger partial charge in [0.25, 0.3) is 0 Å². The van der Waals surface area contributed by atoms with Gasteiger partial charge in [-0.05, 0) is 18.2 Å². The molecule has 0 bridgehead atoms. The number of thiol groups is 1. The number of likely N-dealkylation sites (tertiary alicyclic amines) is 1. The van der Waals surface area contributed by atoms with Gasteiger partial charge in [-0.2, -0.15) is 12.6 Å². The topological polar surface area (TPSA) is 38.8 Å². The molecule has 0 N–H and O–H groups in total. The van der Waals surface area contributed by atoms with E-state index in [1.54, 1.807) is 19.1 Å². The van der Waals surface area contributed by atoms with Crippen LogP contribution in [0.4, 0.5) is 0 Å². The minimum Gasteiger partial charge on any atom is -0.497 e. The minimum atomic E-state index is 0.133. The maximum Gasteiger partial charge on any atom is 0.224 e. The summed E-state index contributed by atoms with van der Waals surface area (Å²) in [7, 11) is 3.24. The van der Waals surface area contributed by atoms with Crippen LogP contribution < -0.4 is 9.47 Å². The van der Waals surface area contributed by atoms with Gasteiger partial charge in [-0.15, -0.1) is 0 Å². The first-order valence-corrected chi connectivity index (χ1v) is 6.32. The molecule has 1 atom stereocenters. The second-order valence-electron chi connectivity index (χ2n) is 4.31. The van der Waals surface area contributed by atoms with Crippen LogP contribution in [0.3, 0.4) is 0 Å². The quantitative estimate of drug-likeness (QED) is 0.845. The van der Waals surface area contributed by atoms with Gasteiger partial charge in [0.1, 0.15) is 11.5 Å². The monoisotopic (exact) mass is 267 g/mol. The molecule has 0 spiro atoms. The Morgan fingerprint density at radius 1 is 1.39 bits per heavy atom.